The van der Waals surface area contributed by atoms with Gasteiger partial charge in [0, 0.05) is 16.3 Å². The number of carbonyl (C=O) groups excluding carboxylic acids is 1. The Balaban J connectivity index is 1.80. The maximum absolute atomic E-state index is 13.0. The molecule has 1 spiro atoms. The minimum atomic E-state index is -1.51. The Morgan fingerprint density at radius 3 is 2.85 bits per heavy atom. The molecule has 7 nitrogen and oxygen atoms in total. The lowest BCUT2D eigenvalue weighted by molar-refractivity contribution is -0.128. The van der Waals surface area contributed by atoms with Gasteiger partial charge in [0.05, 0.1) is 11.3 Å². The maximum atomic E-state index is 13.0. The van der Waals surface area contributed by atoms with E-state index in [4.69, 9.17) is 16.3 Å². The smallest absolute Gasteiger partial charge is 0.295 e. The number of amides is 1. The summed E-state index contributed by atoms with van der Waals surface area (Å²) in [6, 6.07) is 12.7. The molecule has 0 saturated heterocycles. The topological polar surface area (TPSA) is 89.0 Å². The lowest BCUT2D eigenvalue weighted by Crippen LogP contribution is -2.47. The fraction of sp³-hybridized carbons (Fsp3) is 0.111. The molecule has 5 rings (SSSR count). The van der Waals surface area contributed by atoms with Crippen molar-refractivity contribution in [3.8, 4) is 17.1 Å². The van der Waals surface area contributed by atoms with Crippen molar-refractivity contribution < 1.29 is 9.53 Å². The van der Waals surface area contributed by atoms with Crippen molar-refractivity contribution >= 4 is 40.6 Å². The van der Waals surface area contributed by atoms with Crippen molar-refractivity contribution in [3.05, 3.63) is 53.1 Å². The summed E-state index contributed by atoms with van der Waals surface area (Å²) in [4.78, 5) is 17.5. The Morgan fingerprint density at radius 2 is 2.00 bits per heavy atom. The van der Waals surface area contributed by atoms with Crippen LogP contribution in [0.4, 0.5) is 11.4 Å². The second-order valence-electron chi connectivity index (χ2n) is 6.05. The Hall–Kier alpha value is -2.84. The number of hydrogen-bond donors (Lipinski definition) is 2. The fourth-order valence-electron chi connectivity index (χ4n) is 3.26. The van der Waals surface area contributed by atoms with E-state index in [0.29, 0.717) is 32.8 Å². The zero-order valence-corrected chi connectivity index (χ0v) is 15.6. The molecule has 27 heavy (non-hydrogen) atoms. The van der Waals surface area contributed by atoms with Gasteiger partial charge in [0.2, 0.25) is 11.0 Å². The summed E-state index contributed by atoms with van der Waals surface area (Å²) in [5.41, 5.74) is 1.62. The van der Waals surface area contributed by atoms with E-state index in [1.807, 2.05) is 30.5 Å². The van der Waals surface area contributed by atoms with Crippen LogP contribution in [-0.4, -0.2) is 27.3 Å². The summed E-state index contributed by atoms with van der Waals surface area (Å²) in [6.45, 7) is 0. The zero-order valence-electron chi connectivity index (χ0n) is 14.0. The third-order valence-corrected chi connectivity index (χ3v) is 5.26. The molecule has 3 aromatic rings. The molecule has 0 bridgehead atoms. The summed E-state index contributed by atoms with van der Waals surface area (Å²) < 4.78 is 6.22. The molecule has 1 amide bonds. The number of anilines is 2. The van der Waals surface area contributed by atoms with E-state index in [0.717, 1.165) is 5.56 Å². The summed E-state index contributed by atoms with van der Waals surface area (Å²) >= 11 is 7.54. The van der Waals surface area contributed by atoms with Crippen LogP contribution in [0.3, 0.4) is 0 Å². The number of nitrogens with one attached hydrogen (secondary N) is 2. The summed E-state index contributed by atoms with van der Waals surface area (Å²) in [5, 5.41) is 15.4. The van der Waals surface area contributed by atoms with Crippen LogP contribution in [-0.2, 0) is 10.5 Å². The van der Waals surface area contributed by atoms with E-state index >= 15 is 0 Å². The molecule has 2 aromatic carbocycles. The minimum absolute atomic E-state index is 0.231. The highest BCUT2D eigenvalue weighted by Gasteiger charge is 2.52. The van der Waals surface area contributed by atoms with Crippen molar-refractivity contribution in [2.75, 3.05) is 16.9 Å². The molecular weight excluding hydrogens is 386 g/mol. The Bertz CT molecular complexity index is 1110. The normalized spacial score (nSPS) is 19.3. The summed E-state index contributed by atoms with van der Waals surface area (Å²) in [7, 11) is 0. The molecule has 1 aromatic heterocycles. The number of nitrogens with zero attached hydrogens (tertiary/aromatic N) is 3. The van der Waals surface area contributed by atoms with Gasteiger partial charge in [-0.2, -0.15) is 4.98 Å². The van der Waals surface area contributed by atoms with Crippen LogP contribution >= 0.6 is 23.4 Å². The van der Waals surface area contributed by atoms with Gasteiger partial charge >= 0.3 is 0 Å². The number of aromatic nitrogens is 3. The van der Waals surface area contributed by atoms with Crippen LogP contribution < -0.4 is 15.4 Å². The van der Waals surface area contributed by atoms with Gasteiger partial charge < -0.3 is 15.4 Å². The number of para-hydroxylation sites is 1. The highest BCUT2D eigenvalue weighted by atomic mass is 35.5. The third-order valence-electron chi connectivity index (χ3n) is 4.49. The molecule has 9 heteroatoms. The second kappa shape index (κ2) is 5.83. The van der Waals surface area contributed by atoms with Crippen LogP contribution in [0.25, 0.3) is 11.3 Å². The van der Waals surface area contributed by atoms with E-state index in [1.165, 1.54) is 11.8 Å². The van der Waals surface area contributed by atoms with E-state index in [1.54, 1.807) is 18.2 Å². The minimum Gasteiger partial charge on any atom is -0.435 e. The second-order valence-corrected chi connectivity index (χ2v) is 7.26. The first-order valence-corrected chi connectivity index (χ1v) is 9.68. The van der Waals surface area contributed by atoms with Crippen molar-refractivity contribution in [2.24, 2.45) is 0 Å². The van der Waals surface area contributed by atoms with Crippen LogP contribution in [0, 0.1) is 0 Å². The monoisotopic (exact) mass is 397 g/mol. The Morgan fingerprint density at radius 1 is 1.15 bits per heavy atom. The van der Waals surface area contributed by atoms with Gasteiger partial charge in [0.15, 0.2) is 5.69 Å². The van der Waals surface area contributed by atoms with Gasteiger partial charge in [-0.3, -0.25) is 4.79 Å². The first-order chi connectivity index (χ1) is 13.1. The molecule has 2 aliphatic rings. The molecule has 0 radical (unpaired) electrons. The third kappa shape index (κ3) is 2.37. The highest BCUT2D eigenvalue weighted by molar-refractivity contribution is 7.98. The van der Waals surface area contributed by atoms with Crippen LogP contribution in [0.1, 0.15) is 5.56 Å². The molecule has 2 aliphatic heterocycles. The molecule has 1 unspecified atom stereocenters. The van der Waals surface area contributed by atoms with Crippen molar-refractivity contribution in [2.45, 2.75) is 10.9 Å². The first kappa shape index (κ1) is 16.3. The lowest BCUT2D eigenvalue weighted by Gasteiger charge is -2.28. The van der Waals surface area contributed by atoms with Crippen LogP contribution in [0.15, 0.2) is 47.6 Å². The molecule has 134 valence electrons. The van der Waals surface area contributed by atoms with Gasteiger partial charge in [0.25, 0.3) is 11.6 Å². The van der Waals surface area contributed by atoms with Gasteiger partial charge in [0.1, 0.15) is 0 Å². The highest BCUT2D eigenvalue weighted by Crippen LogP contribution is 2.46. The standard InChI is InChI=1S/C18H12ClN5O2S/c1-27-17-21-15-14(23-24-17)10-4-2-3-5-12(10)22-18(26-15)11-8-9(19)6-7-13(11)20-16(18)25/h2-8,22H,1H3,(H,20,25). The maximum Gasteiger partial charge on any atom is 0.295 e. The molecule has 2 N–H and O–H groups in total. The molecule has 1 atom stereocenters. The average molecular weight is 398 g/mol. The van der Waals surface area contributed by atoms with Gasteiger partial charge in [-0.1, -0.05) is 41.6 Å². The van der Waals surface area contributed by atoms with E-state index in [2.05, 4.69) is 25.8 Å². The van der Waals surface area contributed by atoms with E-state index in [-0.39, 0.29) is 11.8 Å². The number of fused-ring (bicyclic) bond motifs is 5. The lowest BCUT2D eigenvalue weighted by atomic mass is 10.0. The number of benzene rings is 2. The van der Waals surface area contributed by atoms with Gasteiger partial charge in [-0.15, -0.1) is 10.2 Å². The van der Waals surface area contributed by atoms with Crippen molar-refractivity contribution in [3.63, 3.8) is 0 Å². The number of halogens is 1. The predicted molar refractivity (Wildman–Crippen MR) is 103 cm³/mol. The first-order valence-electron chi connectivity index (χ1n) is 8.07. The Labute approximate surface area is 163 Å². The zero-order chi connectivity index (χ0) is 18.6. The SMILES string of the molecule is CSc1nnc2c(n1)OC1(Nc3ccccc3-2)C(=O)Nc2ccc(Cl)cc21. The van der Waals surface area contributed by atoms with Crippen LogP contribution in [0.2, 0.25) is 5.02 Å². The molecular formula is C18H12ClN5O2S. The van der Waals surface area contributed by atoms with Crippen molar-refractivity contribution in [1.82, 2.24) is 15.2 Å². The molecule has 0 aliphatic carbocycles. The fourth-order valence-corrected chi connectivity index (χ4v) is 3.73. The Kier molecular flexibility index (Phi) is 3.53. The van der Waals surface area contributed by atoms with Gasteiger partial charge in [-0.25, -0.2) is 0 Å². The number of rotatable bonds is 1. The van der Waals surface area contributed by atoms with E-state index in [9.17, 15) is 4.79 Å². The largest absolute Gasteiger partial charge is 0.435 e. The summed E-state index contributed by atoms with van der Waals surface area (Å²) in [6.07, 6.45) is 1.85. The number of thioether (sulfide) groups is 1. The van der Waals surface area contributed by atoms with E-state index < -0.39 is 5.72 Å². The number of ether oxygens (including phenoxy) is 1. The number of hydrogen-bond acceptors (Lipinski definition) is 7. The van der Waals surface area contributed by atoms with Gasteiger partial charge in [-0.05, 0) is 30.5 Å². The predicted octanol–water partition coefficient (Wildman–Crippen LogP) is 3.52. The molecule has 0 saturated carbocycles. The molecule has 0 fully saturated rings. The average Bonchev–Trinajstić information content (AvgIpc) is 2.85. The number of carbonyl (C=O) groups is 1. The quantitative estimate of drug-likeness (QED) is 0.607. The van der Waals surface area contributed by atoms with Crippen LogP contribution in [0.5, 0.6) is 5.88 Å². The summed E-state index contributed by atoms with van der Waals surface area (Å²) in [5.74, 6) is -0.124. The molecule has 3 heterocycles. The van der Waals surface area contributed by atoms with Crippen molar-refractivity contribution in [1.29, 1.82) is 0 Å².